The molecular formula is C26H23FN2O5S. The molecule has 0 bridgehead atoms. The van der Waals surface area contributed by atoms with E-state index >= 15 is 0 Å². The van der Waals surface area contributed by atoms with Crippen LogP contribution in [0.1, 0.15) is 16.9 Å². The van der Waals surface area contributed by atoms with Crippen LogP contribution >= 0.6 is 0 Å². The highest BCUT2D eigenvalue weighted by Gasteiger charge is 2.19. The van der Waals surface area contributed by atoms with Crippen molar-refractivity contribution in [3.8, 4) is 5.75 Å². The van der Waals surface area contributed by atoms with Gasteiger partial charge >= 0.3 is 16.1 Å². The number of halogens is 1. The normalized spacial score (nSPS) is 11.1. The molecular weight excluding hydrogens is 471 g/mol. The molecule has 1 aromatic heterocycles. The summed E-state index contributed by atoms with van der Waals surface area (Å²) < 4.78 is 48.5. The number of furan rings is 1. The third-order valence-corrected chi connectivity index (χ3v) is 6.38. The molecule has 180 valence electrons. The van der Waals surface area contributed by atoms with E-state index in [1.807, 2.05) is 31.2 Å². The number of hydrogen-bond acceptors (Lipinski definition) is 5. The molecule has 3 aromatic carbocycles. The molecule has 0 unspecified atom stereocenters. The fourth-order valence-corrected chi connectivity index (χ4v) is 4.21. The number of carbonyl (C=O) groups excluding carboxylic acids is 1. The number of rotatable bonds is 8. The van der Waals surface area contributed by atoms with Gasteiger partial charge in [0.05, 0.1) is 12.8 Å². The number of benzene rings is 3. The van der Waals surface area contributed by atoms with E-state index in [1.54, 1.807) is 35.4 Å². The van der Waals surface area contributed by atoms with Crippen molar-refractivity contribution < 1.29 is 26.2 Å². The van der Waals surface area contributed by atoms with Crippen LogP contribution in [0.4, 0.5) is 14.9 Å². The van der Waals surface area contributed by atoms with E-state index in [0.717, 1.165) is 35.4 Å². The Morgan fingerprint density at radius 2 is 1.63 bits per heavy atom. The van der Waals surface area contributed by atoms with Crippen molar-refractivity contribution in [2.45, 2.75) is 24.9 Å². The van der Waals surface area contributed by atoms with Crippen LogP contribution in [0.25, 0.3) is 0 Å². The van der Waals surface area contributed by atoms with Crippen LogP contribution in [-0.4, -0.2) is 19.3 Å². The second kappa shape index (κ2) is 10.4. The first-order valence-corrected chi connectivity index (χ1v) is 12.1. The summed E-state index contributed by atoms with van der Waals surface area (Å²) in [4.78, 5) is 14.4. The van der Waals surface area contributed by atoms with Gasteiger partial charge in [0.15, 0.2) is 0 Å². The quantitative estimate of drug-likeness (QED) is 0.316. The molecule has 2 amide bonds. The van der Waals surface area contributed by atoms with E-state index in [9.17, 15) is 17.6 Å². The number of carbonyl (C=O) groups is 1. The Kier molecular flexibility index (Phi) is 7.17. The van der Waals surface area contributed by atoms with Crippen molar-refractivity contribution in [3.05, 3.63) is 114 Å². The minimum Gasteiger partial charge on any atom is -0.467 e. The van der Waals surface area contributed by atoms with E-state index in [4.69, 9.17) is 8.60 Å². The van der Waals surface area contributed by atoms with Gasteiger partial charge in [-0.05, 0) is 73.2 Å². The Bertz CT molecular complexity index is 1370. The zero-order valence-electron chi connectivity index (χ0n) is 18.8. The molecule has 0 aliphatic rings. The lowest BCUT2D eigenvalue weighted by atomic mass is 10.2. The van der Waals surface area contributed by atoms with Gasteiger partial charge in [-0.15, -0.1) is 0 Å². The van der Waals surface area contributed by atoms with Crippen LogP contribution in [0, 0.1) is 12.7 Å². The van der Waals surface area contributed by atoms with Gasteiger partial charge in [0, 0.05) is 12.2 Å². The first kappa shape index (κ1) is 24.0. The highest BCUT2D eigenvalue weighted by molar-refractivity contribution is 7.87. The molecule has 0 saturated heterocycles. The lowest BCUT2D eigenvalue weighted by Crippen LogP contribution is -2.34. The van der Waals surface area contributed by atoms with Crippen molar-refractivity contribution in [3.63, 3.8) is 0 Å². The summed E-state index contributed by atoms with van der Waals surface area (Å²) in [5.41, 5.74) is 2.50. The van der Waals surface area contributed by atoms with Gasteiger partial charge in [0.2, 0.25) is 0 Å². The zero-order valence-corrected chi connectivity index (χ0v) is 19.7. The van der Waals surface area contributed by atoms with Crippen molar-refractivity contribution in [2.24, 2.45) is 0 Å². The predicted molar refractivity (Wildman–Crippen MR) is 129 cm³/mol. The average molecular weight is 495 g/mol. The van der Waals surface area contributed by atoms with Crippen LogP contribution in [0.15, 0.2) is 101 Å². The number of amides is 2. The fourth-order valence-electron chi connectivity index (χ4n) is 3.28. The standard InChI is InChI=1S/C26H23FN2O5S/c1-19-4-10-22(11-5-19)28-26(30)29(18-24-3-2-16-33-24)17-20-6-12-23(13-7-20)34-35(31,32)25-14-8-21(27)9-15-25/h2-16H,17-18H2,1H3,(H,28,30). The third-order valence-electron chi connectivity index (χ3n) is 5.12. The van der Waals surface area contributed by atoms with Crippen molar-refractivity contribution in [2.75, 3.05) is 5.32 Å². The molecule has 4 aromatic rings. The maximum atomic E-state index is 13.1. The van der Waals surface area contributed by atoms with E-state index in [1.165, 1.54) is 12.1 Å². The van der Waals surface area contributed by atoms with E-state index in [0.29, 0.717) is 11.4 Å². The summed E-state index contributed by atoms with van der Waals surface area (Å²) in [6.45, 7) is 2.44. The average Bonchev–Trinajstić information content (AvgIpc) is 3.35. The van der Waals surface area contributed by atoms with Gasteiger partial charge in [0.25, 0.3) is 0 Å². The van der Waals surface area contributed by atoms with Gasteiger partial charge in [-0.1, -0.05) is 29.8 Å². The molecule has 4 rings (SSSR count). The lowest BCUT2D eigenvalue weighted by molar-refractivity contribution is 0.201. The van der Waals surface area contributed by atoms with E-state index < -0.39 is 15.9 Å². The number of hydrogen-bond donors (Lipinski definition) is 1. The monoisotopic (exact) mass is 494 g/mol. The highest BCUT2D eigenvalue weighted by atomic mass is 32.2. The second-order valence-electron chi connectivity index (χ2n) is 7.87. The smallest absolute Gasteiger partial charge is 0.339 e. The third kappa shape index (κ3) is 6.48. The van der Waals surface area contributed by atoms with Gasteiger partial charge in [0.1, 0.15) is 22.2 Å². The Morgan fingerprint density at radius 3 is 2.26 bits per heavy atom. The molecule has 0 aliphatic heterocycles. The highest BCUT2D eigenvalue weighted by Crippen LogP contribution is 2.21. The lowest BCUT2D eigenvalue weighted by Gasteiger charge is -2.22. The summed E-state index contributed by atoms with van der Waals surface area (Å²) in [5, 5.41) is 2.88. The summed E-state index contributed by atoms with van der Waals surface area (Å²) >= 11 is 0. The van der Waals surface area contributed by atoms with E-state index in [2.05, 4.69) is 5.32 Å². The summed E-state index contributed by atoms with van der Waals surface area (Å²) in [6, 6.07) is 21.4. The SMILES string of the molecule is Cc1ccc(NC(=O)N(Cc2ccc(OS(=O)(=O)c3ccc(F)cc3)cc2)Cc2ccco2)cc1. The zero-order chi connectivity index (χ0) is 24.8. The Hall–Kier alpha value is -4.11. The molecule has 0 radical (unpaired) electrons. The number of nitrogens with zero attached hydrogens (tertiary/aromatic N) is 1. The summed E-state index contributed by atoms with van der Waals surface area (Å²) in [6.07, 6.45) is 1.54. The van der Waals surface area contributed by atoms with Crippen LogP contribution in [-0.2, 0) is 23.2 Å². The van der Waals surface area contributed by atoms with Gasteiger partial charge < -0.3 is 18.8 Å². The molecule has 0 fully saturated rings. The van der Waals surface area contributed by atoms with Crippen molar-refractivity contribution >= 4 is 21.8 Å². The number of aryl methyl sites for hydroxylation is 1. The molecule has 1 heterocycles. The van der Waals surface area contributed by atoms with Gasteiger partial charge in [-0.25, -0.2) is 9.18 Å². The molecule has 0 saturated carbocycles. The molecule has 0 spiro atoms. The number of urea groups is 1. The van der Waals surface area contributed by atoms with Gasteiger partial charge in [-0.3, -0.25) is 0 Å². The maximum Gasteiger partial charge on any atom is 0.339 e. The second-order valence-corrected chi connectivity index (χ2v) is 9.41. The maximum absolute atomic E-state index is 13.1. The van der Waals surface area contributed by atoms with Crippen LogP contribution in [0.5, 0.6) is 5.75 Å². The van der Waals surface area contributed by atoms with Crippen molar-refractivity contribution in [1.29, 1.82) is 0 Å². The molecule has 0 aliphatic carbocycles. The topological polar surface area (TPSA) is 88.9 Å². The summed E-state index contributed by atoms with van der Waals surface area (Å²) in [5.74, 6) is 0.174. The first-order valence-electron chi connectivity index (χ1n) is 10.7. The van der Waals surface area contributed by atoms with Crippen LogP contribution in [0.3, 0.4) is 0 Å². The van der Waals surface area contributed by atoms with Gasteiger partial charge in [-0.2, -0.15) is 8.42 Å². The minimum absolute atomic E-state index is 0.0970. The Labute approximate surface area is 202 Å². The molecule has 0 atom stereocenters. The Balaban J connectivity index is 1.47. The molecule has 1 N–H and O–H groups in total. The van der Waals surface area contributed by atoms with Crippen LogP contribution < -0.4 is 9.50 Å². The molecule has 35 heavy (non-hydrogen) atoms. The number of nitrogens with one attached hydrogen (secondary N) is 1. The Morgan fingerprint density at radius 1 is 0.943 bits per heavy atom. The minimum atomic E-state index is -4.11. The van der Waals surface area contributed by atoms with Crippen LogP contribution in [0.2, 0.25) is 0 Å². The molecule has 9 heteroatoms. The summed E-state index contributed by atoms with van der Waals surface area (Å²) in [7, 11) is -4.11. The first-order chi connectivity index (χ1) is 16.8. The number of anilines is 1. The molecule has 7 nitrogen and oxygen atoms in total. The largest absolute Gasteiger partial charge is 0.467 e. The van der Waals surface area contributed by atoms with E-state index in [-0.39, 0.29) is 29.8 Å². The predicted octanol–water partition coefficient (Wildman–Crippen LogP) is 5.73. The fraction of sp³-hybridized carbons (Fsp3) is 0.115. The van der Waals surface area contributed by atoms with Crippen molar-refractivity contribution in [1.82, 2.24) is 4.90 Å².